The van der Waals surface area contributed by atoms with Crippen molar-refractivity contribution >= 4 is 35.3 Å². The molecule has 10 nitrogen and oxygen atoms in total. The van der Waals surface area contributed by atoms with Gasteiger partial charge in [0.15, 0.2) is 0 Å². The Kier molecular flexibility index (Phi) is 5.91. The van der Waals surface area contributed by atoms with Crippen LogP contribution in [0.1, 0.15) is 17.0 Å². The van der Waals surface area contributed by atoms with Crippen LogP contribution in [0.4, 0.5) is 20.6 Å². The summed E-state index contributed by atoms with van der Waals surface area (Å²) in [5.74, 6) is -2.08. The van der Waals surface area contributed by atoms with Gasteiger partial charge in [-0.3, -0.25) is 25.0 Å². The molecular weight excluding hydrogens is 459 g/mol. The van der Waals surface area contributed by atoms with Crippen LogP contribution < -0.4 is 15.0 Å². The van der Waals surface area contributed by atoms with Crippen molar-refractivity contribution in [3.8, 4) is 11.4 Å². The summed E-state index contributed by atoms with van der Waals surface area (Å²) in [5, 5.41) is 13.4. The van der Waals surface area contributed by atoms with Crippen LogP contribution in [0, 0.1) is 29.8 Å². The third-order valence-corrected chi connectivity index (χ3v) is 5.55. The van der Waals surface area contributed by atoms with Crippen molar-refractivity contribution < 1.29 is 28.4 Å². The lowest BCUT2D eigenvalue weighted by Gasteiger charge is -2.26. The van der Waals surface area contributed by atoms with E-state index in [0.29, 0.717) is 33.3 Å². The summed E-state index contributed by atoms with van der Waals surface area (Å²) < 4.78 is 20.8. The number of methoxy groups -OCH3 is 1. The molecule has 1 aliphatic rings. The van der Waals surface area contributed by atoms with Gasteiger partial charge in [-0.15, -0.1) is 0 Å². The molecule has 35 heavy (non-hydrogen) atoms. The second-order valence-corrected chi connectivity index (χ2v) is 7.71. The van der Waals surface area contributed by atoms with Gasteiger partial charge in [0.25, 0.3) is 17.5 Å². The van der Waals surface area contributed by atoms with E-state index in [1.54, 1.807) is 24.5 Å². The van der Waals surface area contributed by atoms with E-state index in [9.17, 15) is 28.9 Å². The number of halogens is 1. The molecule has 0 atom stereocenters. The maximum absolute atomic E-state index is 13.7. The van der Waals surface area contributed by atoms with E-state index < -0.39 is 28.6 Å². The Bertz CT molecular complexity index is 1440. The first-order chi connectivity index (χ1) is 16.6. The minimum atomic E-state index is -0.991. The van der Waals surface area contributed by atoms with Gasteiger partial charge < -0.3 is 9.30 Å². The summed E-state index contributed by atoms with van der Waals surface area (Å²) in [6.45, 7) is 3.46. The number of aryl methyl sites for hydroxylation is 1. The fourth-order valence-electron chi connectivity index (χ4n) is 3.93. The van der Waals surface area contributed by atoms with Crippen LogP contribution in [0.5, 0.6) is 5.75 Å². The van der Waals surface area contributed by atoms with Crippen molar-refractivity contribution in [1.29, 1.82) is 0 Å². The Hall–Kier alpha value is -4.80. The lowest BCUT2D eigenvalue weighted by molar-refractivity contribution is -0.384. The largest absolute Gasteiger partial charge is 0.495 e. The number of nitro groups is 1. The van der Waals surface area contributed by atoms with E-state index in [1.165, 1.54) is 43.5 Å². The topological polar surface area (TPSA) is 124 Å². The molecule has 2 heterocycles. The Balaban J connectivity index is 1.81. The molecule has 1 aliphatic heterocycles. The number of urea groups is 1. The molecule has 1 N–H and O–H groups in total. The van der Waals surface area contributed by atoms with Crippen molar-refractivity contribution in [3.63, 3.8) is 0 Å². The minimum absolute atomic E-state index is 0.0299. The van der Waals surface area contributed by atoms with Crippen LogP contribution in [0.2, 0.25) is 0 Å². The number of nitro benzene ring substituents is 1. The molecule has 4 amide bonds. The number of benzene rings is 2. The number of anilines is 1. The number of nitrogens with one attached hydrogen (secondary N) is 1. The number of ether oxygens (including phenoxy) is 1. The lowest BCUT2D eigenvalue weighted by atomic mass is 10.1. The summed E-state index contributed by atoms with van der Waals surface area (Å²) in [6, 6.07) is 9.73. The first kappa shape index (κ1) is 23.4. The summed E-state index contributed by atoms with van der Waals surface area (Å²) in [4.78, 5) is 49.4. The highest BCUT2D eigenvalue weighted by atomic mass is 19.1. The molecule has 1 fully saturated rings. The molecule has 0 bridgehead atoms. The van der Waals surface area contributed by atoms with Gasteiger partial charge in [-0.1, -0.05) is 6.07 Å². The average molecular weight is 478 g/mol. The quantitative estimate of drug-likeness (QED) is 0.257. The second kappa shape index (κ2) is 8.86. The second-order valence-electron chi connectivity index (χ2n) is 7.71. The van der Waals surface area contributed by atoms with Crippen molar-refractivity contribution in [2.24, 2.45) is 0 Å². The molecule has 2 aromatic carbocycles. The monoisotopic (exact) mass is 478 g/mol. The summed E-state index contributed by atoms with van der Waals surface area (Å²) >= 11 is 0. The van der Waals surface area contributed by atoms with Gasteiger partial charge in [0.05, 0.1) is 23.4 Å². The number of barbiturate groups is 1. The maximum atomic E-state index is 13.7. The van der Waals surface area contributed by atoms with E-state index >= 15 is 0 Å². The molecule has 1 saturated heterocycles. The smallest absolute Gasteiger partial charge is 0.335 e. The number of aromatic nitrogens is 1. The number of imide groups is 2. The van der Waals surface area contributed by atoms with Gasteiger partial charge in [-0.05, 0) is 55.8 Å². The molecule has 3 aromatic rings. The SMILES string of the molecule is COc1ccc([N+](=O)[O-])cc1-n1c(C)cc(/C=C2\C(=O)NC(=O)N(c3cccc(F)c3)C2=O)c1C. The molecule has 0 radical (unpaired) electrons. The zero-order valence-electron chi connectivity index (χ0n) is 18.9. The molecule has 1 aromatic heterocycles. The summed E-state index contributed by atoms with van der Waals surface area (Å²) in [5.41, 5.74) is 1.57. The summed E-state index contributed by atoms with van der Waals surface area (Å²) in [7, 11) is 1.44. The molecule has 0 spiro atoms. The van der Waals surface area contributed by atoms with E-state index in [-0.39, 0.29) is 16.9 Å². The molecule has 178 valence electrons. The molecule has 0 aliphatic carbocycles. The fourth-order valence-corrected chi connectivity index (χ4v) is 3.93. The highest BCUT2D eigenvalue weighted by Crippen LogP contribution is 2.32. The van der Waals surface area contributed by atoms with E-state index in [4.69, 9.17) is 4.74 Å². The number of hydrogen-bond donors (Lipinski definition) is 1. The predicted molar refractivity (Wildman–Crippen MR) is 124 cm³/mol. The van der Waals surface area contributed by atoms with E-state index in [0.717, 1.165) is 12.1 Å². The average Bonchev–Trinajstić information content (AvgIpc) is 3.08. The molecule has 4 rings (SSSR count). The molecule has 11 heteroatoms. The van der Waals surface area contributed by atoms with Crippen molar-refractivity contribution in [1.82, 2.24) is 9.88 Å². The van der Waals surface area contributed by atoms with Gasteiger partial charge in [0.2, 0.25) is 0 Å². The third kappa shape index (κ3) is 4.14. The standard InChI is InChI=1S/C24H19FN4O6/c1-13-9-15(14(2)27(13)20-12-18(29(33)34)7-8-21(20)35-3)10-19-22(30)26-24(32)28(23(19)31)17-6-4-5-16(25)11-17/h4-12H,1-3H3,(H,26,30,32)/b19-10+. The first-order valence-corrected chi connectivity index (χ1v) is 10.3. The third-order valence-electron chi connectivity index (χ3n) is 5.55. The first-order valence-electron chi connectivity index (χ1n) is 10.3. The van der Waals surface area contributed by atoms with Crippen molar-refractivity contribution in [3.05, 3.63) is 87.0 Å². The normalized spacial score (nSPS) is 14.9. The number of nitrogens with zero attached hydrogens (tertiary/aromatic N) is 3. The van der Waals surface area contributed by atoms with Gasteiger partial charge in [-0.2, -0.15) is 0 Å². The molecule has 0 saturated carbocycles. The van der Waals surface area contributed by atoms with Crippen LogP contribution in [-0.4, -0.2) is 34.4 Å². The van der Waals surface area contributed by atoms with Crippen LogP contribution >= 0.6 is 0 Å². The fraction of sp³-hybridized carbons (Fsp3) is 0.125. The molecular formula is C24H19FN4O6. The van der Waals surface area contributed by atoms with Crippen LogP contribution in [0.15, 0.2) is 54.1 Å². The zero-order valence-corrected chi connectivity index (χ0v) is 18.9. The van der Waals surface area contributed by atoms with Gasteiger partial charge in [0.1, 0.15) is 17.1 Å². The number of non-ortho nitro benzene ring substituents is 1. The lowest BCUT2D eigenvalue weighted by Crippen LogP contribution is -2.54. The Morgan fingerprint density at radius 3 is 2.49 bits per heavy atom. The number of carbonyl (C=O) groups is 3. The van der Waals surface area contributed by atoms with Gasteiger partial charge in [0, 0.05) is 23.5 Å². The Labute approximate surface area is 198 Å². The number of amides is 4. The van der Waals surface area contributed by atoms with Crippen LogP contribution in [0.25, 0.3) is 11.8 Å². The van der Waals surface area contributed by atoms with E-state index in [2.05, 4.69) is 5.32 Å². The van der Waals surface area contributed by atoms with Crippen LogP contribution in [0.3, 0.4) is 0 Å². The van der Waals surface area contributed by atoms with Crippen molar-refractivity contribution in [2.75, 3.05) is 12.0 Å². The summed E-state index contributed by atoms with van der Waals surface area (Å²) in [6.07, 6.45) is 1.32. The predicted octanol–water partition coefficient (Wildman–Crippen LogP) is 3.82. The molecule has 0 unspecified atom stereocenters. The Morgan fingerprint density at radius 1 is 1.09 bits per heavy atom. The van der Waals surface area contributed by atoms with E-state index in [1.807, 2.05) is 0 Å². The highest BCUT2D eigenvalue weighted by Gasteiger charge is 2.37. The highest BCUT2D eigenvalue weighted by molar-refractivity contribution is 6.39. The Morgan fingerprint density at radius 2 is 1.83 bits per heavy atom. The minimum Gasteiger partial charge on any atom is -0.495 e. The zero-order chi connectivity index (χ0) is 25.4. The number of rotatable bonds is 5. The van der Waals surface area contributed by atoms with Crippen LogP contribution in [-0.2, 0) is 9.59 Å². The maximum Gasteiger partial charge on any atom is 0.335 e. The number of hydrogen-bond acceptors (Lipinski definition) is 6. The van der Waals surface area contributed by atoms with Crippen molar-refractivity contribution in [2.45, 2.75) is 13.8 Å². The van der Waals surface area contributed by atoms with Gasteiger partial charge >= 0.3 is 6.03 Å². The number of carbonyl (C=O) groups excluding carboxylic acids is 3. The van der Waals surface area contributed by atoms with Gasteiger partial charge in [-0.25, -0.2) is 14.1 Å².